The molecule has 102 valence electrons. The smallest absolute Gasteiger partial charge is 0.135 e. The summed E-state index contributed by atoms with van der Waals surface area (Å²) < 4.78 is 0. The highest BCUT2D eigenvalue weighted by molar-refractivity contribution is 7.18. The lowest BCUT2D eigenvalue weighted by Gasteiger charge is -2.25. The van der Waals surface area contributed by atoms with Crippen LogP contribution in [-0.2, 0) is 6.42 Å². The van der Waals surface area contributed by atoms with Gasteiger partial charge < -0.3 is 5.73 Å². The quantitative estimate of drug-likeness (QED) is 0.896. The molecule has 0 bridgehead atoms. The van der Waals surface area contributed by atoms with E-state index in [1.807, 2.05) is 0 Å². The fourth-order valence-corrected chi connectivity index (χ4v) is 3.87. The van der Waals surface area contributed by atoms with E-state index in [0.717, 1.165) is 28.4 Å². The molecule has 0 aliphatic heterocycles. The number of aromatic nitrogens is 2. The molecule has 0 saturated heterocycles. The number of anilines is 1. The van der Waals surface area contributed by atoms with Crippen molar-refractivity contribution in [3.63, 3.8) is 0 Å². The molecule has 19 heavy (non-hydrogen) atoms. The van der Waals surface area contributed by atoms with Crippen LogP contribution < -0.4 is 5.73 Å². The number of aryl methyl sites for hydroxylation is 1. The zero-order chi connectivity index (χ0) is 13.4. The number of hydrogen-bond donors (Lipinski definition) is 1. The van der Waals surface area contributed by atoms with Crippen LogP contribution in [0.25, 0.3) is 10.2 Å². The predicted octanol–water partition coefficient (Wildman–Crippen LogP) is 4.13. The van der Waals surface area contributed by atoms with Crippen LogP contribution in [0.1, 0.15) is 56.2 Å². The largest absolute Gasteiger partial charge is 0.383 e. The Morgan fingerprint density at radius 3 is 2.68 bits per heavy atom. The molecule has 0 atom stereocenters. The van der Waals surface area contributed by atoms with Gasteiger partial charge in [0.05, 0.1) is 5.39 Å². The Morgan fingerprint density at radius 2 is 2.00 bits per heavy atom. The van der Waals surface area contributed by atoms with Gasteiger partial charge in [-0.15, -0.1) is 11.3 Å². The average Bonchev–Trinajstić information content (AvgIpc) is 2.83. The van der Waals surface area contributed by atoms with Gasteiger partial charge in [0.25, 0.3) is 0 Å². The number of nitrogen functional groups attached to an aromatic ring is 1. The lowest BCUT2D eigenvalue weighted by Crippen LogP contribution is -2.14. The third-order valence-electron chi connectivity index (χ3n) is 4.22. The van der Waals surface area contributed by atoms with Gasteiger partial charge in [-0.3, -0.25) is 0 Å². The maximum Gasteiger partial charge on any atom is 0.135 e. The molecule has 2 heterocycles. The maximum atomic E-state index is 6.11. The molecule has 0 amide bonds. The molecule has 4 heteroatoms. The molecule has 0 aromatic carbocycles. The summed E-state index contributed by atoms with van der Waals surface area (Å²) in [7, 11) is 0. The second-order valence-electron chi connectivity index (χ2n) is 5.71. The maximum absolute atomic E-state index is 6.11. The van der Waals surface area contributed by atoms with Gasteiger partial charge in [0, 0.05) is 10.8 Å². The zero-order valence-electron chi connectivity index (χ0n) is 11.6. The molecule has 0 radical (unpaired) electrons. The molecule has 3 rings (SSSR count). The molecule has 2 N–H and O–H groups in total. The highest BCUT2D eigenvalue weighted by Gasteiger charge is 2.23. The molecule has 1 fully saturated rings. The van der Waals surface area contributed by atoms with Gasteiger partial charge in [0.2, 0.25) is 0 Å². The Labute approximate surface area is 118 Å². The first-order valence-electron chi connectivity index (χ1n) is 7.23. The Kier molecular flexibility index (Phi) is 3.44. The standard InChI is InChI=1S/C15H21N3S/c1-3-11-8-12-13(16)17-14(18-15(12)19-11)10-6-4-9(2)5-7-10/h8-10H,3-7H2,1-2H3,(H2,16,17,18). The van der Waals surface area contributed by atoms with Crippen LogP contribution in [0.15, 0.2) is 6.07 Å². The van der Waals surface area contributed by atoms with E-state index in [9.17, 15) is 0 Å². The van der Waals surface area contributed by atoms with Gasteiger partial charge in [-0.25, -0.2) is 9.97 Å². The van der Waals surface area contributed by atoms with Gasteiger partial charge in [-0.05, 0) is 31.2 Å². The molecule has 1 aliphatic carbocycles. The second kappa shape index (κ2) is 5.08. The second-order valence-corrected chi connectivity index (χ2v) is 6.82. The lowest BCUT2D eigenvalue weighted by atomic mass is 9.82. The first-order valence-corrected chi connectivity index (χ1v) is 8.04. The number of fused-ring (bicyclic) bond motifs is 1. The molecule has 2 aromatic rings. The van der Waals surface area contributed by atoms with E-state index in [1.165, 1.54) is 30.6 Å². The third-order valence-corrected chi connectivity index (χ3v) is 5.39. The van der Waals surface area contributed by atoms with Gasteiger partial charge in [0.1, 0.15) is 16.5 Å². The van der Waals surface area contributed by atoms with E-state index in [0.29, 0.717) is 11.7 Å². The Bertz CT molecular complexity index is 582. The van der Waals surface area contributed by atoms with Crippen molar-refractivity contribution in [3.05, 3.63) is 16.8 Å². The highest BCUT2D eigenvalue weighted by atomic mass is 32.1. The number of thiophene rings is 1. The van der Waals surface area contributed by atoms with E-state index in [4.69, 9.17) is 10.7 Å². The lowest BCUT2D eigenvalue weighted by molar-refractivity contribution is 0.340. The van der Waals surface area contributed by atoms with Crippen molar-refractivity contribution in [2.75, 3.05) is 5.73 Å². The summed E-state index contributed by atoms with van der Waals surface area (Å²) in [6.07, 6.45) is 6.03. The molecule has 1 saturated carbocycles. The zero-order valence-corrected chi connectivity index (χ0v) is 12.5. The van der Waals surface area contributed by atoms with Crippen molar-refractivity contribution in [1.82, 2.24) is 9.97 Å². The number of nitrogens with zero attached hydrogens (tertiary/aromatic N) is 2. The highest BCUT2D eigenvalue weighted by Crippen LogP contribution is 2.36. The summed E-state index contributed by atoms with van der Waals surface area (Å²) in [5, 5.41) is 1.04. The Morgan fingerprint density at radius 1 is 1.26 bits per heavy atom. The van der Waals surface area contributed by atoms with Crippen molar-refractivity contribution in [3.8, 4) is 0 Å². The van der Waals surface area contributed by atoms with Crippen molar-refractivity contribution >= 4 is 27.4 Å². The summed E-state index contributed by atoms with van der Waals surface area (Å²) in [6.45, 7) is 4.50. The minimum Gasteiger partial charge on any atom is -0.383 e. The summed E-state index contributed by atoms with van der Waals surface area (Å²) in [5.41, 5.74) is 6.11. The summed E-state index contributed by atoms with van der Waals surface area (Å²) in [4.78, 5) is 11.8. The number of rotatable bonds is 2. The van der Waals surface area contributed by atoms with E-state index >= 15 is 0 Å². The van der Waals surface area contributed by atoms with Crippen LogP contribution in [0.4, 0.5) is 5.82 Å². The summed E-state index contributed by atoms with van der Waals surface area (Å²) in [5.74, 6) is 3.00. The minimum absolute atomic E-state index is 0.509. The third kappa shape index (κ3) is 2.46. The SMILES string of the molecule is CCc1cc2c(N)nc(C3CCC(C)CC3)nc2s1. The van der Waals surface area contributed by atoms with E-state index in [1.54, 1.807) is 11.3 Å². The minimum atomic E-state index is 0.509. The van der Waals surface area contributed by atoms with Gasteiger partial charge >= 0.3 is 0 Å². The van der Waals surface area contributed by atoms with Crippen molar-refractivity contribution < 1.29 is 0 Å². The topological polar surface area (TPSA) is 51.8 Å². The molecule has 1 aliphatic rings. The number of nitrogens with two attached hydrogens (primary N) is 1. The Balaban J connectivity index is 1.96. The fraction of sp³-hybridized carbons (Fsp3) is 0.600. The van der Waals surface area contributed by atoms with Crippen LogP contribution in [0.3, 0.4) is 0 Å². The Hall–Kier alpha value is -1.16. The molecule has 3 nitrogen and oxygen atoms in total. The molecule has 0 spiro atoms. The average molecular weight is 275 g/mol. The van der Waals surface area contributed by atoms with Crippen LogP contribution in [0.5, 0.6) is 0 Å². The van der Waals surface area contributed by atoms with Crippen LogP contribution in [0, 0.1) is 5.92 Å². The van der Waals surface area contributed by atoms with Crippen molar-refractivity contribution in [1.29, 1.82) is 0 Å². The van der Waals surface area contributed by atoms with Crippen molar-refractivity contribution in [2.24, 2.45) is 5.92 Å². The molecule has 2 aromatic heterocycles. The molecule has 0 unspecified atom stereocenters. The normalized spacial score (nSPS) is 23.9. The van der Waals surface area contributed by atoms with Crippen LogP contribution in [0.2, 0.25) is 0 Å². The van der Waals surface area contributed by atoms with E-state index < -0.39 is 0 Å². The fourth-order valence-electron chi connectivity index (χ4n) is 2.89. The predicted molar refractivity (Wildman–Crippen MR) is 81.6 cm³/mol. The van der Waals surface area contributed by atoms with Crippen molar-refractivity contribution in [2.45, 2.75) is 51.9 Å². The number of hydrogen-bond acceptors (Lipinski definition) is 4. The monoisotopic (exact) mass is 275 g/mol. The summed E-state index contributed by atoms with van der Waals surface area (Å²) >= 11 is 1.76. The van der Waals surface area contributed by atoms with E-state index in [2.05, 4.69) is 24.9 Å². The summed E-state index contributed by atoms with van der Waals surface area (Å²) in [6, 6.07) is 2.14. The van der Waals surface area contributed by atoms with E-state index in [-0.39, 0.29) is 0 Å². The first-order chi connectivity index (χ1) is 9.17. The first kappa shape index (κ1) is 12.9. The molecular formula is C15H21N3S. The van der Waals surface area contributed by atoms with Crippen LogP contribution in [-0.4, -0.2) is 9.97 Å². The van der Waals surface area contributed by atoms with Gasteiger partial charge in [0.15, 0.2) is 0 Å². The van der Waals surface area contributed by atoms with Gasteiger partial charge in [-0.2, -0.15) is 0 Å². The van der Waals surface area contributed by atoms with Crippen LogP contribution >= 0.6 is 11.3 Å². The molecular weight excluding hydrogens is 254 g/mol. The van der Waals surface area contributed by atoms with Gasteiger partial charge in [-0.1, -0.05) is 26.7 Å².